The molecular formula is C17H25NO4S. The Bertz CT molecular complexity index is 638. The van der Waals surface area contributed by atoms with Crippen molar-refractivity contribution < 1.29 is 17.9 Å². The maximum Gasteiger partial charge on any atom is 0.212 e. The van der Waals surface area contributed by atoms with Gasteiger partial charge < -0.3 is 9.47 Å². The zero-order chi connectivity index (χ0) is 16.3. The van der Waals surface area contributed by atoms with Crippen molar-refractivity contribution in [2.24, 2.45) is 5.92 Å². The van der Waals surface area contributed by atoms with Gasteiger partial charge in [-0.3, -0.25) is 0 Å². The van der Waals surface area contributed by atoms with E-state index in [1.54, 1.807) is 0 Å². The highest BCUT2D eigenvalue weighted by molar-refractivity contribution is 7.89. The van der Waals surface area contributed by atoms with Crippen LogP contribution in [-0.2, 0) is 10.0 Å². The summed E-state index contributed by atoms with van der Waals surface area (Å²) in [5.74, 6) is 1.94. The molecule has 0 radical (unpaired) electrons. The summed E-state index contributed by atoms with van der Waals surface area (Å²) >= 11 is 0. The third kappa shape index (κ3) is 4.38. The summed E-state index contributed by atoms with van der Waals surface area (Å²) in [7, 11) is -3.27. The smallest absolute Gasteiger partial charge is 0.212 e. The molecule has 1 aliphatic carbocycles. The van der Waals surface area contributed by atoms with Crippen molar-refractivity contribution in [1.82, 2.24) is 4.72 Å². The standard InChI is InChI=1S/C17H25NO4S/c1-13(15-7-8-16-17(11-15)22-10-9-21-16)18-23(19,20)12-14-5-3-2-4-6-14/h7-8,11,13-14,18H,2-6,9-10,12H2,1H3. The van der Waals surface area contributed by atoms with Gasteiger partial charge in [0.05, 0.1) is 5.75 Å². The van der Waals surface area contributed by atoms with Crippen molar-refractivity contribution in [2.75, 3.05) is 19.0 Å². The molecule has 128 valence electrons. The molecule has 0 aromatic heterocycles. The molecule has 1 aromatic rings. The quantitative estimate of drug-likeness (QED) is 0.895. The molecule has 23 heavy (non-hydrogen) atoms. The number of nitrogens with one attached hydrogen (secondary N) is 1. The van der Waals surface area contributed by atoms with Gasteiger partial charge in [0.25, 0.3) is 0 Å². The molecule has 1 aromatic carbocycles. The minimum atomic E-state index is -3.27. The number of ether oxygens (including phenoxy) is 2. The zero-order valence-corrected chi connectivity index (χ0v) is 14.4. The molecule has 1 saturated carbocycles. The van der Waals surface area contributed by atoms with Crippen LogP contribution in [0.4, 0.5) is 0 Å². The van der Waals surface area contributed by atoms with E-state index >= 15 is 0 Å². The van der Waals surface area contributed by atoms with Crippen LogP contribution in [0.1, 0.15) is 50.6 Å². The fraction of sp³-hybridized carbons (Fsp3) is 0.647. The Kier molecular flexibility index (Phi) is 5.11. The minimum Gasteiger partial charge on any atom is -0.486 e. The molecule has 0 spiro atoms. The fourth-order valence-electron chi connectivity index (χ4n) is 3.38. The average molecular weight is 339 g/mol. The van der Waals surface area contributed by atoms with E-state index in [0.717, 1.165) is 37.0 Å². The van der Waals surface area contributed by atoms with E-state index in [4.69, 9.17) is 9.47 Å². The Labute approximate surface area is 138 Å². The van der Waals surface area contributed by atoms with E-state index in [2.05, 4.69) is 4.72 Å². The lowest BCUT2D eigenvalue weighted by molar-refractivity contribution is 0.171. The second-order valence-corrected chi connectivity index (χ2v) is 8.33. The Balaban J connectivity index is 1.64. The van der Waals surface area contributed by atoms with E-state index in [0.29, 0.717) is 24.9 Å². The van der Waals surface area contributed by atoms with Crippen LogP contribution in [0.5, 0.6) is 11.5 Å². The van der Waals surface area contributed by atoms with Gasteiger partial charge in [-0.25, -0.2) is 13.1 Å². The highest BCUT2D eigenvalue weighted by Crippen LogP contribution is 2.33. The van der Waals surface area contributed by atoms with Gasteiger partial charge in [-0.05, 0) is 43.4 Å². The summed E-state index contributed by atoms with van der Waals surface area (Å²) in [6.45, 7) is 2.94. The van der Waals surface area contributed by atoms with Gasteiger partial charge in [-0.15, -0.1) is 0 Å². The van der Waals surface area contributed by atoms with E-state index in [9.17, 15) is 8.42 Å². The monoisotopic (exact) mass is 339 g/mol. The third-order valence-electron chi connectivity index (χ3n) is 4.60. The molecule has 5 nitrogen and oxygen atoms in total. The van der Waals surface area contributed by atoms with Crippen molar-refractivity contribution in [1.29, 1.82) is 0 Å². The predicted octanol–water partition coefficient (Wildman–Crippen LogP) is 3.02. The first-order valence-electron chi connectivity index (χ1n) is 8.43. The Morgan fingerprint density at radius 3 is 2.57 bits per heavy atom. The third-order valence-corrected chi connectivity index (χ3v) is 6.23. The number of rotatable bonds is 5. The molecular weight excluding hydrogens is 314 g/mol. The van der Waals surface area contributed by atoms with Crippen LogP contribution in [0.25, 0.3) is 0 Å². The van der Waals surface area contributed by atoms with Crippen LogP contribution in [0.3, 0.4) is 0 Å². The molecule has 2 aliphatic rings. The van der Waals surface area contributed by atoms with E-state index in [-0.39, 0.29) is 11.8 Å². The first-order chi connectivity index (χ1) is 11.0. The van der Waals surface area contributed by atoms with Gasteiger partial charge in [0.15, 0.2) is 11.5 Å². The van der Waals surface area contributed by atoms with Gasteiger partial charge in [-0.1, -0.05) is 25.3 Å². The van der Waals surface area contributed by atoms with Crippen molar-refractivity contribution in [3.05, 3.63) is 23.8 Å². The lowest BCUT2D eigenvalue weighted by Crippen LogP contribution is -2.32. The Hall–Kier alpha value is -1.27. The second-order valence-electron chi connectivity index (χ2n) is 6.53. The van der Waals surface area contributed by atoms with Crippen LogP contribution >= 0.6 is 0 Å². The summed E-state index contributed by atoms with van der Waals surface area (Å²) in [5.41, 5.74) is 0.890. The van der Waals surface area contributed by atoms with Gasteiger partial charge >= 0.3 is 0 Å². The van der Waals surface area contributed by atoms with E-state index in [1.165, 1.54) is 6.42 Å². The molecule has 1 fully saturated rings. The molecule has 1 unspecified atom stereocenters. The zero-order valence-electron chi connectivity index (χ0n) is 13.6. The number of hydrogen-bond acceptors (Lipinski definition) is 4. The van der Waals surface area contributed by atoms with Crippen LogP contribution in [0.15, 0.2) is 18.2 Å². The van der Waals surface area contributed by atoms with Gasteiger partial charge in [0.1, 0.15) is 13.2 Å². The van der Waals surface area contributed by atoms with Gasteiger partial charge in [-0.2, -0.15) is 0 Å². The second kappa shape index (κ2) is 7.09. The number of sulfonamides is 1. The molecule has 1 N–H and O–H groups in total. The highest BCUT2D eigenvalue weighted by atomic mass is 32.2. The SMILES string of the molecule is CC(NS(=O)(=O)CC1CCCCC1)c1ccc2c(c1)OCCO2. The number of benzene rings is 1. The molecule has 0 saturated heterocycles. The average Bonchev–Trinajstić information content (AvgIpc) is 2.54. The summed E-state index contributed by atoms with van der Waals surface area (Å²) in [6.07, 6.45) is 5.59. The number of hydrogen-bond donors (Lipinski definition) is 1. The maximum atomic E-state index is 12.4. The molecule has 1 aliphatic heterocycles. The maximum absolute atomic E-state index is 12.4. The van der Waals surface area contributed by atoms with Crippen LogP contribution in [-0.4, -0.2) is 27.4 Å². The topological polar surface area (TPSA) is 64.6 Å². The predicted molar refractivity (Wildman–Crippen MR) is 89.3 cm³/mol. The van der Waals surface area contributed by atoms with Crippen molar-refractivity contribution in [3.8, 4) is 11.5 Å². The molecule has 1 heterocycles. The summed E-state index contributed by atoms with van der Waals surface area (Å²) < 4.78 is 38.7. The lowest BCUT2D eigenvalue weighted by atomic mass is 9.91. The summed E-state index contributed by atoms with van der Waals surface area (Å²) in [6, 6.07) is 5.32. The highest BCUT2D eigenvalue weighted by Gasteiger charge is 2.24. The molecule has 3 rings (SSSR count). The minimum absolute atomic E-state index is 0.238. The molecule has 6 heteroatoms. The Morgan fingerprint density at radius 2 is 1.83 bits per heavy atom. The van der Waals surface area contributed by atoms with Crippen LogP contribution < -0.4 is 14.2 Å². The van der Waals surface area contributed by atoms with Crippen molar-refractivity contribution >= 4 is 10.0 Å². The molecule has 1 atom stereocenters. The van der Waals surface area contributed by atoms with E-state index < -0.39 is 10.0 Å². The fourth-order valence-corrected chi connectivity index (χ4v) is 5.10. The van der Waals surface area contributed by atoms with Gasteiger partial charge in [0, 0.05) is 6.04 Å². The summed E-state index contributed by atoms with van der Waals surface area (Å²) in [5, 5.41) is 0. The van der Waals surface area contributed by atoms with Crippen molar-refractivity contribution in [2.45, 2.75) is 45.1 Å². The van der Waals surface area contributed by atoms with Gasteiger partial charge in [0.2, 0.25) is 10.0 Å². The summed E-state index contributed by atoms with van der Waals surface area (Å²) in [4.78, 5) is 0. The lowest BCUT2D eigenvalue weighted by Gasteiger charge is -2.23. The first kappa shape index (κ1) is 16.6. The molecule has 0 bridgehead atoms. The van der Waals surface area contributed by atoms with E-state index in [1.807, 2.05) is 25.1 Å². The first-order valence-corrected chi connectivity index (χ1v) is 10.1. The normalized spacial score (nSPS) is 20.2. The Morgan fingerprint density at radius 1 is 1.13 bits per heavy atom. The van der Waals surface area contributed by atoms with Crippen molar-refractivity contribution in [3.63, 3.8) is 0 Å². The van der Waals surface area contributed by atoms with Crippen LogP contribution in [0, 0.1) is 5.92 Å². The molecule has 0 amide bonds. The number of fused-ring (bicyclic) bond motifs is 1. The van der Waals surface area contributed by atoms with Crippen LogP contribution in [0.2, 0.25) is 0 Å². The largest absolute Gasteiger partial charge is 0.486 e.